The molecule has 0 saturated carbocycles. The van der Waals surface area contributed by atoms with E-state index < -0.39 is 0 Å². The van der Waals surface area contributed by atoms with Crippen LogP contribution in [0.15, 0.2) is 24.3 Å². The Morgan fingerprint density at radius 2 is 1.83 bits per heavy atom. The summed E-state index contributed by atoms with van der Waals surface area (Å²) in [6.07, 6.45) is -0.365. The molecule has 0 aromatic heterocycles. The third kappa shape index (κ3) is 7.36. The largest absolute Gasteiger partial charge is 0.366 e. The minimum Gasteiger partial charge on any atom is -0.366 e. The Morgan fingerprint density at radius 3 is 2.38 bits per heavy atom. The monoisotopic (exact) mass is 377 g/mol. The van der Waals surface area contributed by atoms with Crippen molar-refractivity contribution in [2.24, 2.45) is 0 Å². The maximum absolute atomic E-state index is 12.0. The zero-order valence-corrected chi connectivity index (χ0v) is 16.0. The molecule has 1 saturated heterocycles. The lowest BCUT2D eigenvalue weighted by atomic mass is 10.1. The summed E-state index contributed by atoms with van der Waals surface area (Å²) in [6.45, 7) is 9.99. The average molecular weight is 378 g/mol. The fraction of sp³-hybridized carbons (Fsp3) is 0.588. The molecule has 0 radical (unpaired) electrons. The molecule has 24 heavy (non-hydrogen) atoms. The van der Waals surface area contributed by atoms with Gasteiger partial charge in [0.15, 0.2) is 0 Å². The summed E-state index contributed by atoms with van der Waals surface area (Å²) in [7, 11) is 0. The number of morpholine rings is 1. The molecule has 1 amide bonds. The minimum atomic E-state index is -0.365. The summed E-state index contributed by atoms with van der Waals surface area (Å²) >= 11 is 0. The van der Waals surface area contributed by atoms with Gasteiger partial charge in [0, 0.05) is 26.2 Å². The van der Waals surface area contributed by atoms with E-state index in [9.17, 15) is 4.79 Å². The standard InChI is InChI=1S/C17H27N3O2.2ClH/c1-3-20(4-2)13-15-7-5-14(6-8-15)11-19-17(21)16-12-18-9-10-22-16;;/h5-8,16,18H,3-4,9-13H2,1-2H3,(H,19,21);2*1H. The van der Waals surface area contributed by atoms with Gasteiger partial charge < -0.3 is 15.4 Å². The maximum Gasteiger partial charge on any atom is 0.250 e. The summed E-state index contributed by atoms with van der Waals surface area (Å²) in [5.74, 6) is -0.0422. The molecule has 1 atom stereocenters. The summed E-state index contributed by atoms with van der Waals surface area (Å²) < 4.78 is 5.44. The average Bonchev–Trinajstić information content (AvgIpc) is 2.59. The number of halogens is 2. The minimum absolute atomic E-state index is 0. The van der Waals surface area contributed by atoms with Gasteiger partial charge in [-0.15, -0.1) is 24.8 Å². The molecule has 1 aliphatic heterocycles. The Balaban J connectivity index is 0.00000264. The number of hydrogen-bond acceptors (Lipinski definition) is 4. The molecule has 1 heterocycles. The number of amides is 1. The number of benzene rings is 1. The second-order valence-corrected chi connectivity index (χ2v) is 5.56. The molecule has 1 aliphatic rings. The zero-order valence-electron chi connectivity index (χ0n) is 14.4. The molecule has 0 aliphatic carbocycles. The number of carbonyl (C=O) groups excluding carboxylic acids is 1. The van der Waals surface area contributed by atoms with E-state index in [1.807, 2.05) is 0 Å². The second-order valence-electron chi connectivity index (χ2n) is 5.56. The predicted octanol–water partition coefficient (Wildman–Crippen LogP) is 1.98. The first kappa shape index (κ1) is 23.1. The highest BCUT2D eigenvalue weighted by molar-refractivity contribution is 5.85. The first-order valence-corrected chi connectivity index (χ1v) is 8.13. The van der Waals surface area contributed by atoms with Crippen LogP contribution in [0.25, 0.3) is 0 Å². The normalized spacial score (nSPS) is 16.9. The topological polar surface area (TPSA) is 53.6 Å². The smallest absolute Gasteiger partial charge is 0.250 e. The molecule has 2 rings (SSSR count). The van der Waals surface area contributed by atoms with Crippen LogP contribution in [0.2, 0.25) is 0 Å². The van der Waals surface area contributed by atoms with Gasteiger partial charge in [-0.2, -0.15) is 0 Å². The summed E-state index contributed by atoms with van der Waals surface area (Å²) in [6, 6.07) is 8.44. The maximum atomic E-state index is 12.0. The number of nitrogens with zero attached hydrogens (tertiary/aromatic N) is 1. The van der Waals surface area contributed by atoms with E-state index in [-0.39, 0.29) is 36.8 Å². The van der Waals surface area contributed by atoms with E-state index in [1.54, 1.807) is 0 Å². The van der Waals surface area contributed by atoms with Crippen LogP contribution in [0.3, 0.4) is 0 Å². The fourth-order valence-corrected chi connectivity index (χ4v) is 2.50. The van der Waals surface area contributed by atoms with Crippen molar-refractivity contribution in [1.29, 1.82) is 0 Å². The molecule has 0 spiro atoms. The molecule has 5 nitrogen and oxygen atoms in total. The van der Waals surface area contributed by atoms with Gasteiger partial charge in [-0.1, -0.05) is 38.1 Å². The second kappa shape index (κ2) is 12.5. The summed E-state index contributed by atoms with van der Waals surface area (Å²) in [5, 5.41) is 6.10. The van der Waals surface area contributed by atoms with Crippen LogP contribution in [-0.2, 0) is 22.6 Å². The van der Waals surface area contributed by atoms with Crippen molar-refractivity contribution >= 4 is 30.7 Å². The van der Waals surface area contributed by atoms with Crippen molar-refractivity contribution in [2.45, 2.75) is 33.0 Å². The van der Waals surface area contributed by atoms with Crippen molar-refractivity contribution in [3.8, 4) is 0 Å². The van der Waals surface area contributed by atoms with E-state index in [0.29, 0.717) is 19.7 Å². The summed E-state index contributed by atoms with van der Waals surface area (Å²) in [5.41, 5.74) is 2.42. The van der Waals surface area contributed by atoms with Gasteiger partial charge in [0.1, 0.15) is 6.10 Å². The van der Waals surface area contributed by atoms with Gasteiger partial charge in [0.25, 0.3) is 5.91 Å². The lowest BCUT2D eigenvalue weighted by molar-refractivity contribution is -0.134. The molecule has 138 valence electrons. The molecule has 7 heteroatoms. The molecule has 1 aromatic carbocycles. The first-order valence-electron chi connectivity index (χ1n) is 8.13. The number of carbonyl (C=O) groups is 1. The van der Waals surface area contributed by atoms with Crippen molar-refractivity contribution < 1.29 is 9.53 Å². The third-order valence-corrected chi connectivity index (χ3v) is 4.01. The molecule has 1 aromatic rings. The number of hydrogen-bond donors (Lipinski definition) is 2. The number of rotatable bonds is 7. The predicted molar refractivity (Wildman–Crippen MR) is 102 cm³/mol. The molecular weight excluding hydrogens is 349 g/mol. The summed E-state index contributed by atoms with van der Waals surface area (Å²) in [4.78, 5) is 14.4. The van der Waals surface area contributed by atoms with Crippen molar-refractivity contribution in [1.82, 2.24) is 15.5 Å². The molecular formula is C17H29Cl2N3O2. The van der Waals surface area contributed by atoms with Gasteiger partial charge in [-0.3, -0.25) is 9.69 Å². The van der Waals surface area contributed by atoms with Crippen molar-refractivity contribution in [2.75, 3.05) is 32.8 Å². The van der Waals surface area contributed by atoms with Gasteiger partial charge in [0.05, 0.1) is 6.61 Å². The van der Waals surface area contributed by atoms with Crippen molar-refractivity contribution in [3.63, 3.8) is 0 Å². The van der Waals surface area contributed by atoms with Gasteiger partial charge >= 0.3 is 0 Å². The quantitative estimate of drug-likeness (QED) is 0.762. The number of ether oxygens (including phenoxy) is 1. The molecule has 1 unspecified atom stereocenters. The molecule has 0 bridgehead atoms. The third-order valence-electron chi connectivity index (χ3n) is 4.01. The van der Waals surface area contributed by atoms with E-state index in [2.05, 4.69) is 53.6 Å². The number of nitrogens with one attached hydrogen (secondary N) is 2. The van der Waals surface area contributed by atoms with Crippen LogP contribution in [-0.4, -0.2) is 49.7 Å². The van der Waals surface area contributed by atoms with Gasteiger partial charge in [0.2, 0.25) is 0 Å². The molecule has 1 fully saturated rings. The SMILES string of the molecule is CCN(CC)Cc1ccc(CNC(=O)C2CNCCO2)cc1.Cl.Cl. The van der Waals surface area contributed by atoms with Gasteiger partial charge in [-0.05, 0) is 24.2 Å². The highest BCUT2D eigenvalue weighted by atomic mass is 35.5. The van der Waals surface area contributed by atoms with Crippen LogP contribution >= 0.6 is 24.8 Å². The van der Waals surface area contributed by atoms with E-state index in [0.717, 1.165) is 31.7 Å². The van der Waals surface area contributed by atoms with E-state index >= 15 is 0 Å². The van der Waals surface area contributed by atoms with E-state index in [1.165, 1.54) is 5.56 Å². The fourth-order valence-electron chi connectivity index (χ4n) is 2.50. The Kier molecular flexibility index (Phi) is 12.1. The van der Waals surface area contributed by atoms with Crippen LogP contribution in [0, 0.1) is 0 Å². The van der Waals surface area contributed by atoms with Crippen LogP contribution in [0.4, 0.5) is 0 Å². The van der Waals surface area contributed by atoms with Gasteiger partial charge in [-0.25, -0.2) is 0 Å². The highest BCUT2D eigenvalue weighted by Gasteiger charge is 2.21. The van der Waals surface area contributed by atoms with Crippen LogP contribution < -0.4 is 10.6 Å². The Morgan fingerprint density at radius 1 is 1.21 bits per heavy atom. The van der Waals surface area contributed by atoms with Crippen LogP contribution in [0.5, 0.6) is 0 Å². The lowest BCUT2D eigenvalue weighted by Gasteiger charge is -2.22. The van der Waals surface area contributed by atoms with Crippen molar-refractivity contribution in [3.05, 3.63) is 35.4 Å². The highest BCUT2D eigenvalue weighted by Crippen LogP contribution is 2.08. The Labute approximate surface area is 157 Å². The van der Waals surface area contributed by atoms with E-state index in [4.69, 9.17) is 4.74 Å². The lowest BCUT2D eigenvalue weighted by Crippen LogP contribution is -2.47. The zero-order chi connectivity index (χ0) is 15.8. The Bertz CT molecular complexity index is 461. The molecule has 2 N–H and O–H groups in total. The van der Waals surface area contributed by atoms with Crippen LogP contribution in [0.1, 0.15) is 25.0 Å². The first-order chi connectivity index (χ1) is 10.7. The Hall–Kier alpha value is -0.850.